The number of nitrogens with one attached hydrogen (secondary N) is 1. The fraction of sp³-hybridized carbons (Fsp3) is 0.571. The van der Waals surface area contributed by atoms with Gasteiger partial charge in [-0.25, -0.2) is 17.9 Å². The third-order valence-electron chi connectivity index (χ3n) is 3.30. The van der Waals surface area contributed by atoms with Gasteiger partial charge < -0.3 is 9.64 Å². The van der Waals surface area contributed by atoms with E-state index in [1.165, 1.54) is 6.08 Å². The molecule has 0 saturated carbocycles. The van der Waals surface area contributed by atoms with E-state index in [0.29, 0.717) is 13.0 Å². The minimum absolute atomic E-state index is 0.142. The molecule has 0 radical (unpaired) electrons. The Kier molecular flexibility index (Phi) is 7.18. The van der Waals surface area contributed by atoms with E-state index >= 15 is 0 Å². The molecule has 0 bridgehead atoms. The number of nitrogens with zero attached hydrogens (tertiary/aromatic N) is 1. The van der Waals surface area contributed by atoms with Gasteiger partial charge in [0, 0.05) is 19.0 Å². The van der Waals surface area contributed by atoms with Crippen molar-refractivity contribution >= 4 is 33.2 Å². The van der Waals surface area contributed by atoms with E-state index in [1.807, 2.05) is 13.0 Å². The first-order valence-corrected chi connectivity index (χ1v) is 9.20. The molecule has 22 heavy (non-hydrogen) atoms. The van der Waals surface area contributed by atoms with Crippen molar-refractivity contribution in [1.29, 1.82) is 0 Å². The number of ether oxygens (including phenoxy) is 1. The molecule has 2 atom stereocenters. The van der Waals surface area contributed by atoms with Crippen LogP contribution in [0.15, 0.2) is 24.8 Å². The summed E-state index contributed by atoms with van der Waals surface area (Å²) in [4.78, 5) is 14.5. The molecule has 1 N–H and O–H groups in total. The van der Waals surface area contributed by atoms with Gasteiger partial charge >= 0.3 is 6.09 Å². The predicted molar refractivity (Wildman–Crippen MR) is 90.4 cm³/mol. The highest BCUT2D eigenvalue weighted by molar-refractivity contribution is 7.88. The second-order valence-corrected chi connectivity index (χ2v) is 7.65. The Labute approximate surface area is 137 Å². The van der Waals surface area contributed by atoms with Crippen molar-refractivity contribution in [2.75, 3.05) is 26.0 Å². The van der Waals surface area contributed by atoms with Gasteiger partial charge in [-0.2, -0.15) is 0 Å². The smallest absolute Gasteiger partial charge is 0.410 e. The van der Waals surface area contributed by atoms with E-state index in [9.17, 15) is 13.2 Å². The van der Waals surface area contributed by atoms with E-state index in [2.05, 4.69) is 11.3 Å². The second-order valence-electron chi connectivity index (χ2n) is 5.18. The van der Waals surface area contributed by atoms with Gasteiger partial charge in [0.15, 0.2) is 0 Å². The highest BCUT2D eigenvalue weighted by Crippen LogP contribution is 2.26. The topological polar surface area (TPSA) is 75.7 Å². The fourth-order valence-electron chi connectivity index (χ4n) is 2.19. The number of rotatable bonds is 7. The van der Waals surface area contributed by atoms with Crippen molar-refractivity contribution in [2.24, 2.45) is 5.92 Å². The van der Waals surface area contributed by atoms with Crippen LogP contribution in [0.3, 0.4) is 0 Å². The molecular weight excluding hydrogens is 324 g/mol. The molecule has 6 nitrogen and oxygen atoms in total. The number of hydrogen-bond acceptors (Lipinski definition) is 5. The Morgan fingerprint density at radius 2 is 2.23 bits per heavy atom. The van der Waals surface area contributed by atoms with Gasteiger partial charge in [0.25, 0.3) is 0 Å². The minimum atomic E-state index is -3.22. The van der Waals surface area contributed by atoms with Crippen molar-refractivity contribution in [3.63, 3.8) is 0 Å². The van der Waals surface area contributed by atoms with Crippen LogP contribution in [-0.4, -0.2) is 56.3 Å². The average Bonchev–Trinajstić information content (AvgIpc) is 2.84. The molecular formula is C14H22N2O4S2. The maximum atomic E-state index is 12.0. The zero-order valence-corrected chi connectivity index (χ0v) is 14.5. The Morgan fingerprint density at radius 3 is 2.77 bits per heavy atom. The van der Waals surface area contributed by atoms with Gasteiger partial charge in [0.1, 0.15) is 6.61 Å². The summed E-state index contributed by atoms with van der Waals surface area (Å²) in [5.74, 6) is 0.142. The molecule has 0 aromatic heterocycles. The van der Waals surface area contributed by atoms with Crippen LogP contribution in [0.2, 0.25) is 0 Å². The second kappa shape index (κ2) is 8.40. The van der Waals surface area contributed by atoms with Crippen molar-refractivity contribution in [3.8, 4) is 0 Å². The first kappa shape index (κ1) is 18.8. The number of hydrogen-bond donors (Lipinski definition) is 1. The molecule has 1 heterocycles. The first-order valence-electron chi connectivity index (χ1n) is 6.90. The monoisotopic (exact) mass is 346 g/mol. The molecule has 1 aliphatic rings. The number of thiocarbonyl (C=S) groups is 1. The van der Waals surface area contributed by atoms with Crippen LogP contribution in [0, 0.1) is 5.92 Å². The van der Waals surface area contributed by atoms with Gasteiger partial charge in [-0.1, -0.05) is 37.0 Å². The zero-order chi connectivity index (χ0) is 16.8. The maximum Gasteiger partial charge on any atom is 0.410 e. The standard InChI is InChI=1S/C14H22N2O4S2/c1-4-8-20-14(17)16-10-12(11(2)21)9-13(16)6-5-7-15-22(3,18)19/h4-6,12-13,15H,1,7-10H2,2-3H3/b6-5+/t12-,13+/m0/s1. The maximum absolute atomic E-state index is 12.0. The summed E-state index contributed by atoms with van der Waals surface area (Å²) < 4.78 is 29.5. The van der Waals surface area contributed by atoms with Crippen molar-refractivity contribution in [1.82, 2.24) is 9.62 Å². The summed E-state index contributed by atoms with van der Waals surface area (Å²) >= 11 is 5.21. The summed E-state index contributed by atoms with van der Waals surface area (Å²) in [6.45, 7) is 6.23. The summed E-state index contributed by atoms with van der Waals surface area (Å²) in [6, 6.07) is -0.151. The van der Waals surface area contributed by atoms with E-state index in [1.54, 1.807) is 11.0 Å². The molecule has 1 fully saturated rings. The summed E-state index contributed by atoms with van der Waals surface area (Å²) in [5, 5.41) is 0. The summed E-state index contributed by atoms with van der Waals surface area (Å²) in [7, 11) is -3.22. The Balaban J connectivity index is 2.69. The number of carbonyl (C=O) groups is 1. The molecule has 1 amide bonds. The fourth-order valence-corrected chi connectivity index (χ4v) is 2.76. The molecule has 0 aromatic carbocycles. The molecule has 1 aliphatic heterocycles. The van der Waals surface area contributed by atoms with Crippen LogP contribution in [0.1, 0.15) is 13.3 Å². The van der Waals surface area contributed by atoms with Crippen LogP contribution in [0.5, 0.6) is 0 Å². The lowest BCUT2D eigenvalue weighted by atomic mass is 10.0. The third kappa shape index (κ3) is 6.25. The van der Waals surface area contributed by atoms with Crippen LogP contribution >= 0.6 is 12.2 Å². The van der Waals surface area contributed by atoms with Gasteiger partial charge in [-0.05, 0) is 18.2 Å². The van der Waals surface area contributed by atoms with E-state index in [-0.39, 0.29) is 25.1 Å². The molecule has 0 spiro atoms. The molecule has 1 rings (SSSR count). The van der Waals surface area contributed by atoms with E-state index in [0.717, 1.165) is 11.1 Å². The lowest BCUT2D eigenvalue weighted by Gasteiger charge is -2.21. The number of likely N-dealkylation sites (tertiary alicyclic amines) is 1. The summed E-state index contributed by atoms with van der Waals surface area (Å²) in [6.07, 6.45) is 6.42. The van der Waals surface area contributed by atoms with Gasteiger partial charge in [0.2, 0.25) is 10.0 Å². The zero-order valence-electron chi connectivity index (χ0n) is 12.8. The lowest BCUT2D eigenvalue weighted by Crippen LogP contribution is -2.35. The quantitative estimate of drug-likeness (QED) is 0.558. The van der Waals surface area contributed by atoms with Crippen molar-refractivity contribution in [3.05, 3.63) is 24.8 Å². The molecule has 1 saturated heterocycles. The van der Waals surface area contributed by atoms with Crippen molar-refractivity contribution in [2.45, 2.75) is 19.4 Å². The van der Waals surface area contributed by atoms with Gasteiger partial charge in [-0.15, -0.1) is 0 Å². The molecule has 0 aliphatic carbocycles. The first-order chi connectivity index (χ1) is 10.2. The largest absolute Gasteiger partial charge is 0.445 e. The molecule has 8 heteroatoms. The van der Waals surface area contributed by atoms with Crippen molar-refractivity contribution < 1.29 is 17.9 Å². The van der Waals surface area contributed by atoms with Crippen LogP contribution in [0.25, 0.3) is 0 Å². The molecule has 0 aromatic rings. The van der Waals surface area contributed by atoms with Gasteiger partial charge in [0.05, 0.1) is 12.3 Å². The lowest BCUT2D eigenvalue weighted by molar-refractivity contribution is 0.113. The normalized spacial score (nSPS) is 22.0. The average molecular weight is 346 g/mol. The van der Waals surface area contributed by atoms with Crippen LogP contribution in [0.4, 0.5) is 4.79 Å². The number of carbonyl (C=O) groups excluding carboxylic acids is 1. The van der Waals surface area contributed by atoms with E-state index < -0.39 is 16.1 Å². The summed E-state index contributed by atoms with van der Waals surface area (Å²) in [5.41, 5.74) is 0. The molecule has 124 valence electrons. The predicted octanol–water partition coefficient (Wildman–Crippen LogP) is 1.49. The Bertz CT molecular complexity index is 557. The minimum Gasteiger partial charge on any atom is -0.445 e. The molecule has 0 unspecified atom stereocenters. The number of sulfonamides is 1. The Hall–Kier alpha value is -1.25. The third-order valence-corrected chi connectivity index (χ3v) is 4.32. The van der Waals surface area contributed by atoms with Gasteiger partial charge in [-0.3, -0.25) is 0 Å². The Morgan fingerprint density at radius 1 is 1.55 bits per heavy atom. The highest BCUT2D eigenvalue weighted by atomic mass is 32.2. The SMILES string of the molecule is C=CCOC(=O)N1C[C@@H](C(C)=S)C[C@H]1/C=C/CNS(C)(=O)=O. The number of amides is 1. The van der Waals surface area contributed by atoms with Crippen LogP contribution < -0.4 is 4.72 Å². The van der Waals surface area contributed by atoms with Crippen LogP contribution in [-0.2, 0) is 14.8 Å². The highest BCUT2D eigenvalue weighted by Gasteiger charge is 2.35. The van der Waals surface area contributed by atoms with E-state index in [4.69, 9.17) is 17.0 Å².